The van der Waals surface area contributed by atoms with Crippen LogP contribution in [0.1, 0.15) is 28.2 Å². The molecule has 3 aliphatic carbocycles. The van der Waals surface area contributed by atoms with Crippen LogP contribution >= 0.6 is 0 Å². The summed E-state index contributed by atoms with van der Waals surface area (Å²) in [5.41, 5.74) is 25.3. The molecule has 0 bridgehead atoms. The van der Waals surface area contributed by atoms with E-state index in [1.807, 2.05) is 24.3 Å². The standard InChI is InChI=1S/C28H22N2/c29-25-9-5-17(6-10-25)23-13-19-1-2-20-14-24(18-7-11-26(30)12-8-18)16-22-4-3-21(15-23)27(19)28(20)22/h1-3,5-16,27H,4,29-30H2. The Labute approximate surface area is 176 Å². The molecule has 30 heavy (non-hydrogen) atoms. The molecule has 0 saturated heterocycles. The third-order valence-electron chi connectivity index (χ3n) is 6.40. The normalized spacial score (nSPS) is 18.3. The van der Waals surface area contributed by atoms with Crippen LogP contribution in [0.15, 0.2) is 96.1 Å². The molecule has 4 N–H and O–H groups in total. The van der Waals surface area contributed by atoms with Gasteiger partial charge in [0.25, 0.3) is 0 Å². The molecule has 2 heteroatoms. The maximum atomic E-state index is 5.88. The molecule has 6 rings (SSSR count). The van der Waals surface area contributed by atoms with E-state index in [4.69, 9.17) is 11.5 Å². The first-order chi connectivity index (χ1) is 14.7. The van der Waals surface area contributed by atoms with Crippen LogP contribution in [0.2, 0.25) is 0 Å². The molecule has 0 aliphatic heterocycles. The second-order valence-electron chi connectivity index (χ2n) is 8.30. The molecular weight excluding hydrogens is 364 g/mol. The van der Waals surface area contributed by atoms with E-state index >= 15 is 0 Å². The lowest BCUT2D eigenvalue weighted by molar-refractivity contribution is 0.894. The van der Waals surface area contributed by atoms with Gasteiger partial charge in [-0.25, -0.2) is 0 Å². The van der Waals surface area contributed by atoms with Gasteiger partial charge in [0.2, 0.25) is 0 Å². The number of nitrogen functional groups attached to an aromatic ring is 2. The first-order valence-electron chi connectivity index (χ1n) is 10.4. The predicted molar refractivity (Wildman–Crippen MR) is 127 cm³/mol. The highest BCUT2D eigenvalue weighted by atomic mass is 14.5. The fraction of sp³-hybridized carbons (Fsp3) is 0.0714. The summed E-state index contributed by atoms with van der Waals surface area (Å²) in [5.74, 6) is 0.340. The summed E-state index contributed by atoms with van der Waals surface area (Å²) in [6.07, 6.45) is 12.6. The van der Waals surface area contributed by atoms with E-state index in [2.05, 4.69) is 66.8 Å². The fourth-order valence-electron chi connectivity index (χ4n) is 4.91. The highest BCUT2D eigenvalue weighted by molar-refractivity contribution is 5.86. The van der Waals surface area contributed by atoms with Crippen molar-refractivity contribution in [2.45, 2.75) is 12.3 Å². The van der Waals surface area contributed by atoms with Crippen molar-refractivity contribution < 1.29 is 0 Å². The van der Waals surface area contributed by atoms with Gasteiger partial charge in [-0.15, -0.1) is 0 Å². The number of rotatable bonds is 2. The number of hydrogen-bond acceptors (Lipinski definition) is 2. The van der Waals surface area contributed by atoms with Crippen molar-refractivity contribution in [2.75, 3.05) is 11.5 Å². The van der Waals surface area contributed by atoms with Gasteiger partial charge in [-0.2, -0.15) is 0 Å². The molecule has 1 unspecified atom stereocenters. The summed E-state index contributed by atoms with van der Waals surface area (Å²) in [4.78, 5) is 0. The lowest BCUT2D eigenvalue weighted by Gasteiger charge is -2.34. The van der Waals surface area contributed by atoms with Gasteiger partial charge < -0.3 is 11.5 Å². The summed E-state index contributed by atoms with van der Waals surface area (Å²) >= 11 is 0. The van der Waals surface area contributed by atoms with Crippen LogP contribution in [0, 0.1) is 0 Å². The van der Waals surface area contributed by atoms with Gasteiger partial charge in [0.1, 0.15) is 0 Å². The quantitative estimate of drug-likeness (QED) is 0.520. The molecule has 0 saturated carbocycles. The van der Waals surface area contributed by atoms with E-state index < -0.39 is 0 Å². The van der Waals surface area contributed by atoms with Crippen molar-refractivity contribution in [3.05, 3.63) is 118 Å². The van der Waals surface area contributed by atoms with Crippen molar-refractivity contribution in [3.63, 3.8) is 0 Å². The van der Waals surface area contributed by atoms with E-state index in [1.54, 1.807) is 0 Å². The van der Waals surface area contributed by atoms with Crippen molar-refractivity contribution in [1.82, 2.24) is 0 Å². The minimum atomic E-state index is 0.340. The molecule has 3 aromatic rings. The number of nitrogens with two attached hydrogens (primary N) is 2. The molecule has 0 amide bonds. The zero-order chi connectivity index (χ0) is 20.2. The van der Waals surface area contributed by atoms with Crippen LogP contribution in [-0.2, 0) is 6.42 Å². The SMILES string of the molecule is Nc1ccc(C2=CC3=CCc4cc(-c5ccc(N)cc5)cc5c4C3C(=C2)C=C5)cc1. The average molecular weight is 386 g/mol. The van der Waals surface area contributed by atoms with Crippen LogP contribution in [0.4, 0.5) is 11.4 Å². The van der Waals surface area contributed by atoms with Gasteiger partial charge in [-0.1, -0.05) is 60.7 Å². The molecule has 3 aliphatic rings. The number of hydrogen-bond donors (Lipinski definition) is 2. The van der Waals surface area contributed by atoms with Crippen LogP contribution < -0.4 is 11.5 Å². The summed E-state index contributed by atoms with van der Waals surface area (Å²) in [5, 5.41) is 0. The predicted octanol–water partition coefficient (Wildman–Crippen LogP) is 6.13. The Morgan fingerprint density at radius 2 is 1.37 bits per heavy atom. The molecular formula is C28H22N2. The van der Waals surface area contributed by atoms with Crippen molar-refractivity contribution >= 4 is 23.0 Å². The van der Waals surface area contributed by atoms with Gasteiger partial charge in [-0.3, -0.25) is 0 Å². The molecule has 0 radical (unpaired) electrons. The van der Waals surface area contributed by atoms with E-state index in [9.17, 15) is 0 Å². The summed E-state index contributed by atoms with van der Waals surface area (Å²) in [7, 11) is 0. The Morgan fingerprint density at radius 3 is 2.10 bits per heavy atom. The Kier molecular flexibility index (Phi) is 3.63. The maximum absolute atomic E-state index is 5.88. The monoisotopic (exact) mass is 386 g/mol. The van der Waals surface area contributed by atoms with Gasteiger partial charge in [-0.05, 0) is 86.9 Å². The minimum absolute atomic E-state index is 0.340. The largest absolute Gasteiger partial charge is 0.399 e. The Bertz CT molecular complexity index is 1300. The van der Waals surface area contributed by atoms with Gasteiger partial charge in [0, 0.05) is 17.3 Å². The van der Waals surface area contributed by atoms with Gasteiger partial charge in [0.15, 0.2) is 0 Å². The van der Waals surface area contributed by atoms with Crippen LogP contribution in [0.5, 0.6) is 0 Å². The molecule has 0 aromatic heterocycles. The Balaban J connectivity index is 1.45. The van der Waals surface area contributed by atoms with Crippen LogP contribution in [0.3, 0.4) is 0 Å². The molecule has 0 fully saturated rings. The molecule has 2 nitrogen and oxygen atoms in total. The lowest BCUT2D eigenvalue weighted by Crippen LogP contribution is -2.18. The molecule has 0 spiro atoms. The Morgan fingerprint density at radius 1 is 0.667 bits per heavy atom. The van der Waals surface area contributed by atoms with E-state index in [-0.39, 0.29) is 0 Å². The molecule has 0 heterocycles. The number of benzene rings is 3. The molecule has 1 atom stereocenters. The fourth-order valence-corrected chi connectivity index (χ4v) is 4.91. The van der Waals surface area contributed by atoms with E-state index in [0.29, 0.717) is 5.92 Å². The Hall–Kier alpha value is -3.78. The zero-order valence-electron chi connectivity index (χ0n) is 16.6. The highest BCUT2D eigenvalue weighted by Crippen LogP contribution is 2.49. The topological polar surface area (TPSA) is 52.0 Å². The third kappa shape index (κ3) is 2.65. The van der Waals surface area contributed by atoms with E-state index in [1.165, 1.54) is 50.1 Å². The zero-order valence-corrected chi connectivity index (χ0v) is 16.6. The van der Waals surface area contributed by atoms with Crippen molar-refractivity contribution in [2.24, 2.45) is 0 Å². The maximum Gasteiger partial charge on any atom is 0.0346 e. The summed E-state index contributed by atoms with van der Waals surface area (Å²) < 4.78 is 0. The second-order valence-corrected chi connectivity index (χ2v) is 8.30. The van der Waals surface area contributed by atoms with Gasteiger partial charge >= 0.3 is 0 Å². The van der Waals surface area contributed by atoms with E-state index in [0.717, 1.165) is 17.8 Å². The summed E-state index contributed by atoms with van der Waals surface area (Å²) in [6, 6.07) is 21.0. The minimum Gasteiger partial charge on any atom is -0.399 e. The van der Waals surface area contributed by atoms with Crippen LogP contribution in [-0.4, -0.2) is 0 Å². The highest BCUT2D eigenvalue weighted by Gasteiger charge is 2.32. The molecule has 3 aromatic carbocycles. The van der Waals surface area contributed by atoms with Crippen molar-refractivity contribution in [1.29, 1.82) is 0 Å². The smallest absolute Gasteiger partial charge is 0.0346 e. The average Bonchev–Trinajstić information content (AvgIpc) is 2.78. The van der Waals surface area contributed by atoms with Crippen LogP contribution in [0.25, 0.3) is 22.8 Å². The van der Waals surface area contributed by atoms with Gasteiger partial charge in [0.05, 0.1) is 0 Å². The number of anilines is 2. The third-order valence-corrected chi connectivity index (χ3v) is 6.40. The first-order valence-corrected chi connectivity index (χ1v) is 10.4. The summed E-state index contributed by atoms with van der Waals surface area (Å²) in [6.45, 7) is 0. The number of allylic oxidation sites excluding steroid dienone is 7. The molecule has 144 valence electrons. The van der Waals surface area contributed by atoms with Crippen molar-refractivity contribution in [3.8, 4) is 11.1 Å². The lowest BCUT2D eigenvalue weighted by atomic mass is 9.69. The second kappa shape index (κ2) is 6.36. The first kappa shape index (κ1) is 17.1.